The molecule has 1 atom stereocenters. The van der Waals surface area contributed by atoms with E-state index in [4.69, 9.17) is 11.6 Å². The van der Waals surface area contributed by atoms with Crippen LogP contribution >= 0.6 is 27.5 Å². The number of halogens is 2. The zero-order valence-electron chi connectivity index (χ0n) is 11.6. The van der Waals surface area contributed by atoms with Gasteiger partial charge in [-0.1, -0.05) is 45.7 Å². The van der Waals surface area contributed by atoms with Crippen LogP contribution in [0.2, 0.25) is 5.02 Å². The lowest BCUT2D eigenvalue weighted by atomic mass is 9.94. The number of amides is 1. The van der Waals surface area contributed by atoms with Gasteiger partial charge in [0, 0.05) is 17.1 Å². The smallest absolute Gasteiger partial charge is 0.251 e. The SMILES string of the molecule is Cc1cc(Cl)ccc1C(Br)c1ccc2c(c1)C(=O)NCC2. The Hall–Kier alpha value is -1.32. The van der Waals surface area contributed by atoms with E-state index in [2.05, 4.69) is 33.4 Å². The monoisotopic (exact) mass is 363 g/mol. The van der Waals surface area contributed by atoms with E-state index >= 15 is 0 Å². The molecule has 3 rings (SSSR count). The highest BCUT2D eigenvalue weighted by molar-refractivity contribution is 9.09. The summed E-state index contributed by atoms with van der Waals surface area (Å²) in [6.45, 7) is 2.76. The topological polar surface area (TPSA) is 29.1 Å². The molecule has 1 heterocycles. The minimum atomic E-state index is 0.0191. The number of hydrogen-bond donors (Lipinski definition) is 1. The van der Waals surface area contributed by atoms with Gasteiger partial charge in [0.15, 0.2) is 0 Å². The molecule has 21 heavy (non-hydrogen) atoms. The van der Waals surface area contributed by atoms with Gasteiger partial charge in [-0.05, 0) is 53.8 Å². The summed E-state index contributed by atoms with van der Waals surface area (Å²) in [5, 5.41) is 3.63. The Labute approximate surface area is 137 Å². The summed E-state index contributed by atoms with van der Waals surface area (Å²) >= 11 is 9.76. The highest BCUT2D eigenvalue weighted by atomic mass is 79.9. The Balaban J connectivity index is 2.00. The Morgan fingerprint density at radius 1 is 1.24 bits per heavy atom. The molecule has 1 amide bonds. The first-order valence-electron chi connectivity index (χ1n) is 6.87. The van der Waals surface area contributed by atoms with E-state index in [0.717, 1.165) is 45.8 Å². The van der Waals surface area contributed by atoms with Crippen LogP contribution in [0.1, 0.15) is 37.4 Å². The molecule has 1 aliphatic heterocycles. The average Bonchev–Trinajstić information content (AvgIpc) is 2.47. The fourth-order valence-electron chi connectivity index (χ4n) is 2.69. The second-order valence-electron chi connectivity index (χ2n) is 5.29. The number of benzene rings is 2. The van der Waals surface area contributed by atoms with Gasteiger partial charge in [0.1, 0.15) is 0 Å². The van der Waals surface area contributed by atoms with Gasteiger partial charge in [-0.25, -0.2) is 0 Å². The third kappa shape index (κ3) is 2.85. The maximum absolute atomic E-state index is 12.0. The van der Waals surface area contributed by atoms with E-state index in [1.54, 1.807) is 0 Å². The summed E-state index contributed by atoms with van der Waals surface area (Å²) in [5.74, 6) is 0.0191. The number of hydrogen-bond acceptors (Lipinski definition) is 1. The van der Waals surface area contributed by atoms with Gasteiger partial charge in [0.25, 0.3) is 5.91 Å². The van der Waals surface area contributed by atoms with E-state index in [0.29, 0.717) is 0 Å². The Bertz CT molecular complexity index is 714. The second-order valence-corrected chi connectivity index (χ2v) is 6.64. The Morgan fingerprint density at radius 3 is 2.81 bits per heavy atom. The fraction of sp³-hybridized carbons (Fsp3) is 0.235. The molecule has 2 aromatic carbocycles. The van der Waals surface area contributed by atoms with Crippen LogP contribution in [0, 0.1) is 6.92 Å². The zero-order valence-corrected chi connectivity index (χ0v) is 14.0. The lowest BCUT2D eigenvalue weighted by molar-refractivity contribution is 0.0946. The van der Waals surface area contributed by atoms with Gasteiger partial charge < -0.3 is 5.32 Å². The summed E-state index contributed by atoms with van der Waals surface area (Å²) in [5.41, 5.74) is 5.28. The normalized spacial score (nSPS) is 15.3. The molecule has 4 heteroatoms. The van der Waals surface area contributed by atoms with Gasteiger partial charge in [-0.2, -0.15) is 0 Å². The van der Waals surface area contributed by atoms with Crippen molar-refractivity contribution in [1.82, 2.24) is 5.32 Å². The van der Waals surface area contributed by atoms with Gasteiger partial charge in [-0.3, -0.25) is 4.79 Å². The quantitative estimate of drug-likeness (QED) is 0.785. The minimum Gasteiger partial charge on any atom is -0.352 e. The van der Waals surface area contributed by atoms with Crippen LogP contribution in [0.25, 0.3) is 0 Å². The van der Waals surface area contributed by atoms with Crippen LogP contribution < -0.4 is 5.32 Å². The maximum atomic E-state index is 12.0. The van der Waals surface area contributed by atoms with Crippen molar-refractivity contribution in [2.45, 2.75) is 18.2 Å². The predicted molar refractivity (Wildman–Crippen MR) is 89.4 cm³/mol. The standard InChI is InChI=1S/C17H15BrClNO/c1-10-8-13(19)4-5-14(10)16(18)12-3-2-11-6-7-20-17(21)15(11)9-12/h2-5,8-9,16H,6-7H2,1H3,(H,20,21). The number of rotatable bonds is 2. The van der Waals surface area contributed by atoms with Crippen LogP contribution in [0.15, 0.2) is 36.4 Å². The van der Waals surface area contributed by atoms with Crippen LogP contribution in [-0.2, 0) is 6.42 Å². The summed E-state index contributed by atoms with van der Waals surface area (Å²) in [6, 6.07) is 12.0. The van der Waals surface area contributed by atoms with Crippen molar-refractivity contribution >= 4 is 33.4 Å². The van der Waals surface area contributed by atoms with Gasteiger partial charge in [0.05, 0.1) is 4.83 Å². The molecule has 1 N–H and O–H groups in total. The van der Waals surface area contributed by atoms with E-state index in [1.165, 1.54) is 0 Å². The molecule has 0 bridgehead atoms. The van der Waals surface area contributed by atoms with Crippen LogP contribution in [0.3, 0.4) is 0 Å². The molecule has 0 aliphatic carbocycles. The van der Waals surface area contributed by atoms with Crippen molar-refractivity contribution in [2.75, 3.05) is 6.54 Å². The third-order valence-electron chi connectivity index (χ3n) is 3.86. The molecule has 0 saturated carbocycles. The van der Waals surface area contributed by atoms with Crippen molar-refractivity contribution in [2.24, 2.45) is 0 Å². The summed E-state index contributed by atoms with van der Waals surface area (Å²) in [4.78, 5) is 12.0. The largest absolute Gasteiger partial charge is 0.352 e. The molecule has 2 nitrogen and oxygen atoms in total. The van der Waals surface area contributed by atoms with E-state index in [9.17, 15) is 4.79 Å². The van der Waals surface area contributed by atoms with Crippen molar-refractivity contribution in [3.05, 3.63) is 69.2 Å². The molecular weight excluding hydrogens is 350 g/mol. The van der Waals surface area contributed by atoms with Crippen LogP contribution in [0.4, 0.5) is 0 Å². The molecule has 1 unspecified atom stereocenters. The number of carbonyl (C=O) groups is 1. The van der Waals surface area contributed by atoms with Crippen LogP contribution in [0.5, 0.6) is 0 Å². The molecule has 0 aromatic heterocycles. The first-order chi connectivity index (χ1) is 10.1. The van der Waals surface area contributed by atoms with E-state index in [1.807, 2.05) is 31.2 Å². The molecular formula is C17H15BrClNO. The number of fused-ring (bicyclic) bond motifs is 1. The van der Waals surface area contributed by atoms with Gasteiger partial charge in [0.2, 0.25) is 0 Å². The summed E-state index contributed by atoms with van der Waals surface area (Å²) in [6.07, 6.45) is 0.897. The first-order valence-corrected chi connectivity index (χ1v) is 8.17. The highest BCUT2D eigenvalue weighted by Crippen LogP contribution is 2.35. The molecule has 108 valence electrons. The lowest BCUT2D eigenvalue weighted by Crippen LogP contribution is -2.31. The van der Waals surface area contributed by atoms with E-state index < -0.39 is 0 Å². The first kappa shape index (κ1) is 14.6. The Kier molecular flexibility index (Phi) is 4.05. The van der Waals surface area contributed by atoms with Crippen molar-refractivity contribution in [3.63, 3.8) is 0 Å². The molecule has 0 fully saturated rings. The lowest BCUT2D eigenvalue weighted by Gasteiger charge is -2.20. The number of aryl methyl sites for hydroxylation is 1. The van der Waals surface area contributed by atoms with Crippen LogP contribution in [-0.4, -0.2) is 12.5 Å². The zero-order chi connectivity index (χ0) is 15.0. The summed E-state index contributed by atoms with van der Waals surface area (Å²) in [7, 11) is 0. The molecule has 2 aromatic rings. The number of nitrogens with one attached hydrogen (secondary N) is 1. The van der Waals surface area contributed by atoms with Crippen molar-refractivity contribution in [3.8, 4) is 0 Å². The maximum Gasteiger partial charge on any atom is 0.251 e. The van der Waals surface area contributed by atoms with Gasteiger partial charge >= 0.3 is 0 Å². The minimum absolute atomic E-state index is 0.0191. The average molecular weight is 365 g/mol. The van der Waals surface area contributed by atoms with Crippen molar-refractivity contribution < 1.29 is 4.79 Å². The second kappa shape index (κ2) is 5.82. The molecule has 0 spiro atoms. The predicted octanol–water partition coefficient (Wildman–Crippen LogP) is 4.42. The van der Waals surface area contributed by atoms with E-state index in [-0.39, 0.29) is 10.7 Å². The fourth-order valence-corrected chi connectivity index (χ4v) is 3.72. The Morgan fingerprint density at radius 2 is 2.05 bits per heavy atom. The molecule has 0 radical (unpaired) electrons. The van der Waals surface area contributed by atoms with Crippen molar-refractivity contribution in [1.29, 1.82) is 0 Å². The molecule has 1 aliphatic rings. The number of alkyl halides is 1. The van der Waals surface area contributed by atoms with Gasteiger partial charge in [-0.15, -0.1) is 0 Å². The summed E-state index contributed by atoms with van der Waals surface area (Å²) < 4.78 is 0. The highest BCUT2D eigenvalue weighted by Gasteiger charge is 2.20. The third-order valence-corrected chi connectivity index (χ3v) is 5.11. The number of carbonyl (C=O) groups excluding carboxylic acids is 1. The molecule has 0 saturated heterocycles.